The summed E-state index contributed by atoms with van der Waals surface area (Å²) in [6, 6.07) is 0. The van der Waals surface area contributed by atoms with Gasteiger partial charge in [-0.2, -0.15) is 0 Å². The number of ether oxygens (including phenoxy) is 4. The lowest BCUT2D eigenvalue weighted by atomic mass is 9.51. The molecule has 1 N–H and O–H groups in total. The topological polar surface area (TPSA) is 108 Å². The highest BCUT2D eigenvalue weighted by Crippen LogP contribution is 2.69. The summed E-state index contributed by atoms with van der Waals surface area (Å²) in [6.45, 7) is 18.4. The van der Waals surface area contributed by atoms with E-state index in [2.05, 4.69) is 19.6 Å². The van der Waals surface area contributed by atoms with E-state index in [0.29, 0.717) is 53.9 Å². The van der Waals surface area contributed by atoms with E-state index in [0.717, 1.165) is 24.0 Å². The van der Waals surface area contributed by atoms with Crippen molar-refractivity contribution in [2.45, 2.75) is 115 Å². The number of allylic oxidation sites excluding steroid dienone is 5. The number of phenols is 1. The SMILES string of the molecule is C=C(C)C1CC[C@]2(C)C[C@H]1c1c(O)c3c(c(CC=C(C)C)c1O2)O[C@]12C(=C[C@@H]4CC1C(C)(C)OC2(C/C=C(/C)OC=O)C4=O)C3=O. The van der Waals surface area contributed by atoms with Crippen molar-refractivity contribution in [1.29, 1.82) is 0 Å². The van der Waals surface area contributed by atoms with Crippen LogP contribution in [0.25, 0.3) is 0 Å². The highest BCUT2D eigenvalue weighted by atomic mass is 16.6. The average molecular weight is 629 g/mol. The van der Waals surface area contributed by atoms with E-state index in [9.17, 15) is 19.5 Å². The molecule has 1 spiro atoms. The third kappa shape index (κ3) is 3.91. The highest BCUT2D eigenvalue weighted by molar-refractivity contribution is 6.18. The molecule has 2 saturated carbocycles. The number of carbonyl (C=O) groups excluding carboxylic acids is 3. The van der Waals surface area contributed by atoms with Gasteiger partial charge in [-0.25, -0.2) is 0 Å². The predicted molar refractivity (Wildman–Crippen MR) is 171 cm³/mol. The fourth-order valence-electron chi connectivity index (χ4n) is 9.68. The zero-order valence-corrected chi connectivity index (χ0v) is 27.9. The van der Waals surface area contributed by atoms with Crippen molar-refractivity contribution >= 4 is 18.0 Å². The molecule has 1 aromatic carbocycles. The third-order valence-electron chi connectivity index (χ3n) is 11.7. The van der Waals surface area contributed by atoms with Crippen LogP contribution in [-0.4, -0.2) is 45.5 Å². The summed E-state index contributed by atoms with van der Waals surface area (Å²) < 4.78 is 26.0. The summed E-state index contributed by atoms with van der Waals surface area (Å²) in [7, 11) is 0. The molecule has 8 heteroatoms. The van der Waals surface area contributed by atoms with Crippen LogP contribution >= 0.6 is 0 Å². The first kappa shape index (κ1) is 31.0. The maximum Gasteiger partial charge on any atom is 0.298 e. The molecule has 3 heterocycles. The van der Waals surface area contributed by atoms with E-state index in [1.165, 1.54) is 0 Å². The van der Waals surface area contributed by atoms with Gasteiger partial charge in [-0.05, 0) is 92.6 Å². The first-order valence-electron chi connectivity index (χ1n) is 16.5. The van der Waals surface area contributed by atoms with Crippen molar-refractivity contribution in [1.82, 2.24) is 0 Å². The third-order valence-corrected chi connectivity index (χ3v) is 11.7. The maximum absolute atomic E-state index is 15.0. The van der Waals surface area contributed by atoms with Crippen molar-refractivity contribution in [2.75, 3.05) is 0 Å². The van der Waals surface area contributed by atoms with E-state index in [1.54, 1.807) is 19.1 Å². The van der Waals surface area contributed by atoms with E-state index in [4.69, 9.17) is 18.9 Å². The second-order valence-electron chi connectivity index (χ2n) is 15.4. The second kappa shape index (κ2) is 9.93. The molecule has 3 fully saturated rings. The fraction of sp³-hybridized carbons (Fsp3) is 0.553. The van der Waals surface area contributed by atoms with Gasteiger partial charge in [0.1, 0.15) is 34.2 Å². The normalized spacial score (nSPS) is 36.0. The first-order valence-corrected chi connectivity index (χ1v) is 16.5. The monoisotopic (exact) mass is 628 g/mol. The number of fused-ring (bicyclic) bond motifs is 5. The van der Waals surface area contributed by atoms with Gasteiger partial charge in [0.25, 0.3) is 6.47 Å². The van der Waals surface area contributed by atoms with Gasteiger partial charge < -0.3 is 24.1 Å². The Morgan fingerprint density at radius 3 is 2.52 bits per heavy atom. The van der Waals surface area contributed by atoms with Crippen molar-refractivity contribution in [3.63, 3.8) is 0 Å². The quantitative estimate of drug-likeness (QED) is 0.196. The Kier molecular flexibility index (Phi) is 6.68. The minimum atomic E-state index is -1.54. The van der Waals surface area contributed by atoms with Gasteiger partial charge in [-0.15, -0.1) is 0 Å². The molecule has 6 bridgehead atoms. The Morgan fingerprint density at radius 2 is 1.85 bits per heavy atom. The molecule has 244 valence electrons. The van der Waals surface area contributed by atoms with Crippen LogP contribution in [0.4, 0.5) is 0 Å². The summed E-state index contributed by atoms with van der Waals surface area (Å²) in [6.07, 6.45) is 8.89. The number of phenolic OH excluding ortho intramolecular Hbond substituents is 1. The first-order chi connectivity index (χ1) is 21.6. The molecule has 7 atom stereocenters. The van der Waals surface area contributed by atoms with Gasteiger partial charge in [0.15, 0.2) is 22.8 Å². The Labute approximate surface area is 270 Å². The Morgan fingerprint density at radius 1 is 1.11 bits per heavy atom. The largest absolute Gasteiger partial charge is 0.507 e. The van der Waals surface area contributed by atoms with Crippen molar-refractivity contribution in [3.05, 3.63) is 64.0 Å². The number of ketones is 2. The minimum absolute atomic E-state index is 0.0546. The van der Waals surface area contributed by atoms with Crippen LogP contribution in [0.5, 0.6) is 17.2 Å². The molecule has 0 aromatic heterocycles. The number of benzene rings is 1. The fourth-order valence-corrected chi connectivity index (χ4v) is 9.68. The van der Waals surface area contributed by atoms with E-state index in [1.807, 2.05) is 34.6 Å². The smallest absolute Gasteiger partial charge is 0.298 e. The molecule has 3 unspecified atom stereocenters. The molecule has 8 rings (SSSR count). The number of hydrogen-bond donors (Lipinski definition) is 1. The molecule has 8 nitrogen and oxygen atoms in total. The zero-order valence-electron chi connectivity index (χ0n) is 27.9. The van der Waals surface area contributed by atoms with Gasteiger partial charge >= 0.3 is 0 Å². The van der Waals surface area contributed by atoms with Gasteiger partial charge in [-0.3, -0.25) is 14.4 Å². The van der Waals surface area contributed by atoms with Crippen LogP contribution in [0.15, 0.2) is 47.3 Å². The van der Waals surface area contributed by atoms with Crippen LogP contribution in [0.3, 0.4) is 0 Å². The standard InChI is InChI=1S/C38H44O8/c1-19(2)9-10-24-32-28(25-17-36(8,44-32)13-12-23(25)20(3)4)31(41)29-30(40)26-15-22-16-27-35(6,7)46-37(34(22)42,14-11-21(5)43-18-39)38(26,27)45-33(24)29/h9,11,15,18,22-23,25,27,41H,3,10,12-14,16-17H2,1-2,4-8H3/b21-11-/t22-,23?,25-,27?,36-,37?,38-/m1/s1. The lowest BCUT2D eigenvalue weighted by molar-refractivity contribution is -0.171. The molecule has 4 aliphatic carbocycles. The van der Waals surface area contributed by atoms with Gasteiger partial charge in [-0.1, -0.05) is 29.9 Å². The van der Waals surface area contributed by atoms with Crippen LogP contribution in [0.2, 0.25) is 0 Å². The Hall–Kier alpha value is -3.65. The van der Waals surface area contributed by atoms with E-state index >= 15 is 0 Å². The molecule has 0 radical (unpaired) electrons. The molecule has 1 saturated heterocycles. The van der Waals surface area contributed by atoms with Crippen LogP contribution < -0.4 is 9.47 Å². The molecule has 0 amide bonds. The number of carbonyl (C=O) groups is 3. The van der Waals surface area contributed by atoms with Crippen molar-refractivity contribution in [2.24, 2.45) is 17.8 Å². The van der Waals surface area contributed by atoms with E-state index in [-0.39, 0.29) is 52.8 Å². The molecule has 3 aliphatic heterocycles. The summed E-state index contributed by atoms with van der Waals surface area (Å²) in [5.41, 5.74) is -0.259. The lowest BCUT2D eigenvalue weighted by Crippen LogP contribution is -2.72. The lowest BCUT2D eigenvalue weighted by Gasteiger charge is -2.56. The summed E-state index contributed by atoms with van der Waals surface area (Å²) in [4.78, 5) is 40.4. The number of rotatable bonds is 7. The zero-order chi connectivity index (χ0) is 33.1. The highest BCUT2D eigenvalue weighted by Gasteiger charge is 2.81. The van der Waals surface area contributed by atoms with Gasteiger partial charge in [0.05, 0.1) is 5.60 Å². The number of Topliss-reactive ketones (excluding diaryl/α,β-unsaturated/α-hetero) is 2. The second-order valence-corrected chi connectivity index (χ2v) is 15.4. The van der Waals surface area contributed by atoms with Gasteiger partial charge in [0.2, 0.25) is 0 Å². The Balaban J connectivity index is 1.51. The summed E-state index contributed by atoms with van der Waals surface area (Å²) in [5, 5.41) is 12.2. The average Bonchev–Trinajstić information content (AvgIpc) is 3.12. The minimum Gasteiger partial charge on any atom is -0.507 e. The van der Waals surface area contributed by atoms with E-state index < -0.39 is 28.3 Å². The molecule has 7 aliphatic rings. The molecule has 1 aromatic rings. The maximum atomic E-state index is 15.0. The van der Waals surface area contributed by atoms with Crippen molar-refractivity contribution in [3.8, 4) is 17.2 Å². The number of hydrogen-bond acceptors (Lipinski definition) is 8. The molecular formula is C38H44O8. The molecular weight excluding hydrogens is 584 g/mol. The Bertz CT molecular complexity index is 1700. The number of aromatic hydroxyl groups is 1. The van der Waals surface area contributed by atoms with Crippen molar-refractivity contribution < 1.29 is 38.4 Å². The van der Waals surface area contributed by atoms with Gasteiger partial charge in [0, 0.05) is 40.9 Å². The summed E-state index contributed by atoms with van der Waals surface area (Å²) >= 11 is 0. The van der Waals surface area contributed by atoms with Crippen LogP contribution in [0, 0.1) is 17.8 Å². The predicted octanol–water partition coefficient (Wildman–Crippen LogP) is 6.99. The summed E-state index contributed by atoms with van der Waals surface area (Å²) in [5.74, 6) is -0.231. The van der Waals surface area contributed by atoms with Crippen LogP contribution in [-0.2, 0) is 25.5 Å². The molecule has 46 heavy (non-hydrogen) atoms. The van der Waals surface area contributed by atoms with Crippen LogP contribution in [0.1, 0.15) is 108 Å².